The van der Waals surface area contributed by atoms with Gasteiger partial charge in [0, 0.05) is 11.3 Å². The first-order valence-electron chi connectivity index (χ1n) is 10.3. The average Bonchev–Trinajstić information content (AvgIpc) is 3.28. The van der Waals surface area contributed by atoms with E-state index in [-0.39, 0.29) is 28.2 Å². The van der Waals surface area contributed by atoms with Crippen molar-refractivity contribution >= 4 is 34.5 Å². The predicted molar refractivity (Wildman–Crippen MR) is 121 cm³/mol. The smallest absolute Gasteiger partial charge is 0.338 e. The quantitative estimate of drug-likeness (QED) is 0.604. The summed E-state index contributed by atoms with van der Waals surface area (Å²) in [6.07, 6.45) is 0. The summed E-state index contributed by atoms with van der Waals surface area (Å²) in [5.74, 6) is -1.41. The zero-order chi connectivity index (χ0) is 23.3. The molecule has 1 aromatic heterocycles. The molecule has 0 aliphatic carbocycles. The Morgan fingerprint density at radius 1 is 1.18 bits per heavy atom. The molecule has 3 aromatic rings. The Kier molecular flexibility index (Phi) is 5.05. The van der Waals surface area contributed by atoms with Crippen molar-refractivity contribution < 1.29 is 18.7 Å². The standard InChI is InChI=1S/C24H18FN3O4S/c1-3-32-23(31)17-12(2)26-24-28(19(17)13-8-10-14(25)11-9-13)22(30)20(33-24)18-15-6-4-5-7-16(15)27-21(18)29/h4-11,19H,3H2,1-2H3,(H,27,29)/b20-18+/t19-/m1/s1. The van der Waals surface area contributed by atoms with E-state index in [0.717, 1.165) is 11.3 Å². The Hall–Kier alpha value is -3.85. The van der Waals surface area contributed by atoms with Gasteiger partial charge in [-0.25, -0.2) is 14.2 Å². The Balaban J connectivity index is 1.82. The Morgan fingerprint density at radius 3 is 2.64 bits per heavy atom. The van der Waals surface area contributed by atoms with E-state index in [1.54, 1.807) is 38.1 Å². The van der Waals surface area contributed by atoms with Gasteiger partial charge in [0.05, 0.1) is 29.5 Å². The molecule has 0 radical (unpaired) electrons. The number of carbonyl (C=O) groups excluding carboxylic acids is 2. The minimum Gasteiger partial charge on any atom is -0.463 e. The van der Waals surface area contributed by atoms with Crippen molar-refractivity contribution in [2.75, 3.05) is 11.9 Å². The molecule has 2 aliphatic heterocycles. The highest BCUT2D eigenvalue weighted by Crippen LogP contribution is 2.32. The maximum atomic E-state index is 13.7. The van der Waals surface area contributed by atoms with Gasteiger partial charge in [0.25, 0.3) is 11.5 Å². The van der Waals surface area contributed by atoms with Crippen LogP contribution in [0.4, 0.5) is 10.1 Å². The first kappa shape index (κ1) is 21.0. The second-order valence-corrected chi connectivity index (χ2v) is 8.53. The molecule has 0 saturated heterocycles. The number of esters is 1. The maximum Gasteiger partial charge on any atom is 0.338 e. The molecule has 1 N–H and O–H groups in total. The second kappa shape index (κ2) is 7.93. The largest absolute Gasteiger partial charge is 0.463 e. The van der Waals surface area contributed by atoms with Gasteiger partial charge >= 0.3 is 5.97 Å². The van der Waals surface area contributed by atoms with E-state index in [2.05, 4.69) is 10.3 Å². The second-order valence-electron chi connectivity index (χ2n) is 7.55. The van der Waals surface area contributed by atoms with Crippen LogP contribution in [-0.4, -0.2) is 23.1 Å². The highest BCUT2D eigenvalue weighted by Gasteiger charge is 2.35. The van der Waals surface area contributed by atoms with Crippen LogP contribution in [0.25, 0.3) is 5.57 Å². The molecular weight excluding hydrogens is 445 g/mol. The number of allylic oxidation sites excluding steroid dienone is 1. The number of benzene rings is 2. The molecule has 33 heavy (non-hydrogen) atoms. The van der Waals surface area contributed by atoms with E-state index >= 15 is 0 Å². The van der Waals surface area contributed by atoms with Gasteiger partial charge < -0.3 is 10.1 Å². The molecule has 3 heterocycles. The van der Waals surface area contributed by atoms with E-state index in [1.165, 1.54) is 28.8 Å². The van der Waals surface area contributed by atoms with Gasteiger partial charge in [0.2, 0.25) is 0 Å². The fraction of sp³-hybridized carbons (Fsp3) is 0.167. The molecule has 9 heteroatoms. The van der Waals surface area contributed by atoms with Gasteiger partial charge in [-0.2, -0.15) is 0 Å². The van der Waals surface area contributed by atoms with Gasteiger partial charge in [0.15, 0.2) is 4.80 Å². The number of aromatic nitrogens is 1. The van der Waals surface area contributed by atoms with Crippen LogP contribution in [-0.2, 0) is 14.3 Å². The average molecular weight is 463 g/mol. The molecular formula is C24H18FN3O4S. The number of hydrogen-bond acceptors (Lipinski definition) is 6. The molecule has 0 unspecified atom stereocenters. The van der Waals surface area contributed by atoms with E-state index < -0.39 is 23.4 Å². The van der Waals surface area contributed by atoms with Crippen LogP contribution in [0.5, 0.6) is 0 Å². The third-order valence-electron chi connectivity index (χ3n) is 5.58. The highest BCUT2D eigenvalue weighted by molar-refractivity contribution is 7.07. The predicted octanol–water partition coefficient (Wildman–Crippen LogP) is 2.26. The zero-order valence-corrected chi connectivity index (χ0v) is 18.5. The molecule has 0 fully saturated rings. The van der Waals surface area contributed by atoms with Crippen LogP contribution in [0.2, 0.25) is 0 Å². The van der Waals surface area contributed by atoms with Gasteiger partial charge in [-0.05, 0) is 37.6 Å². The van der Waals surface area contributed by atoms with E-state index in [9.17, 15) is 18.8 Å². The number of anilines is 1. The van der Waals surface area contributed by atoms with E-state index in [1.807, 2.05) is 0 Å². The molecule has 0 spiro atoms. The van der Waals surface area contributed by atoms with Crippen LogP contribution in [0.1, 0.15) is 31.0 Å². The van der Waals surface area contributed by atoms with Crippen LogP contribution >= 0.6 is 11.3 Å². The normalized spacial score (nSPS) is 18.4. The number of nitrogens with one attached hydrogen (secondary N) is 1. The lowest BCUT2D eigenvalue weighted by Gasteiger charge is -2.24. The lowest BCUT2D eigenvalue weighted by molar-refractivity contribution is -0.139. The van der Waals surface area contributed by atoms with Crippen molar-refractivity contribution in [3.05, 3.63) is 96.4 Å². The van der Waals surface area contributed by atoms with Crippen molar-refractivity contribution in [3.8, 4) is 0 Å². The molecule has 0 saturated carbocycles. The third-order valence-corrected chi connectivity index (χ3v) is 6.63. The molecule has 2 aromatic carbocycles. The molecule has 7 nitrogen and oxygen atoms in total. The molecule has 1 amide bonds. The number of amides is 1. The van der Waals surface area contributed by atoms with Gasteiger partial charge in [-0.1, -0.05) is 41.7 Å². The van der Waals surface area contributed by atoms with Crippen LogP contribution in [0.15, 0.2) is 69.6 Å². The zero-order valence-electron chi connectivity index (χ0n) is 17.7. The number of para-hydroxylation sites is 1. The summed E-state index contributed by atoms with van der Waals surface area (Å²) in [7, 11) is 0. The number of nitrogens with zero attached hydrogens (tertiary/aromatic N) is 2. The lowest BCUT2D eigenvalue weighted by Crippen LogP contribution is -2.40. The van der Waals surface area contributed by atoms with Crippen molar-refractivity contribution in [1.82, 2.24) is 4.57 Å². The number of thiazole rings is 1. The summed E-state index contributed by atoms with van der Waals surface area (Å²) in [5.41, 5.74) is 2.20. The Bertz CT molecular complexity index is 1530. The van der Waals surface area contributed by atoms with Gasteiger partial charge in [-0.15, -0.1) is 0 Å². The number of carbonyl (C=O) groups is 2. The van der Waals surface area contributed by atoms with E-state index in [4.69, 9.17) is 4.74 Å². The number of fused-ring (bicyclic) bond motifs is 2. The summed E-state index contributed by atoms with van der Waals surface area (Å²) in [4.78, 5) is 44.2. The first-order chi connectivity index (χ1) is 15.9. The molecule has 0 bridgehead atoms. The van der Waals surface area contributed by atoms with Crippen LogP contribution in [0.3, 0.4) is 0 Å². The fourth-order valence-electron chi connectivity index (χ4n) is 4.15. The summed E-state index contributed by atoms with van der Waals surface area (Å²) in [6.45, 7) is 3.51. The fourth-order valence-corrected chi connectivity index (χ4v) is 5.29. The third kappa shape index (κ3) is 3.32. The monoisotopic (exact) mass is 463 g/mol. The summed E-state index contributed by atoms with van der Waals surface area (Å²) >= 11 is 1.08. The van der Waals surface area contributed by atoms with E-state index in [0.29, 0.717) is 27.3 Å². The molecule has 166 valence electrons. The minimum atomic E-state index is -0.866. The van der Waals surface area contributed by atoms with Gasteiger partial charge in [0.1, 0.15) is 10.3 Å². The Labute approximate surface area is 191 Å². The minimum absolute atomic E-state index is 0.150. The molecule has 1 atom stereocenters. The number of hydrogen-bond donors (Lipinski definition) is 1. The maximum absolute atomic E-state index is 13.7. The van der Waals surface area contributed by atoms with Crippen LogP contribution < -0.4 is 20.2 Å². The summed E-state index contributed by atoms with van der Waals surface area (Å²) < 4.78 is 20.5. The summed E-state index contributed by atoms with van der Waals surface area (Å²) in [6, 6.07) is 11.9. The highest BCUT2D eigenvalue weighted by atomic mass is 32.1. The molecule has 5 rings (SSSR count). The number of ether oxygens (including phenoxy) is 1. The number of rotatable bonds is 3. The SMILES string of the molecule is CCOC(=O)C1=C(C)N=c2s/c(=C3/C(=O)Nc4ccccc43)c(=O)n2[C@@H]1c1ccc(F)cc1. The van der Waals surface area contributed by atoms with Crippen molar-refractivity contribution in [1.29, 1.82) is 0 Å². The first-order valence-corrected chi connectivity index (χ1v) is 11.1. The van der Waals surface area contributed by atoms with Crippen molar-refractivity contribution in [2.24, 2.45) is 4.99 Å². The topological polar surface area (TPSA) is 89.8 Å². The van der Waals surface area contributed by atoms with Crippen molar-refractivity contribution in [2.45, 2.75) is 19.9 Å². The number of halogens is 1. The lowest BCUT2D eigenvalue weighted by atomic mass is 9.96. The van der Waals surface area contributed by atoms with Gasteiger partial charge in [-0.3, -0.25) is 14.2 Å². The Morgan fingerprint density at radius 2 is 1.91 bits per heavy atom. The molecule has 2 aliphatic rings. The van der Waals surface area contributed by atoms with Crippen LogP contribution in [0, 0.1) is 5.82 Å². The summed E-state index contributed by atoms with van der Waals surface area (Å²) in [5, 5.41) is 2.78. The van der Waals surface area contributed by atoms with Crippen molar-refractivity contribution in [3.63, 3.8) is 0 Å².